The maximum absolute atomic E-state index is 12.7. The van der Waals surface area contributed by atoms with Gasteiger partial charge in [-0.1, -0.05) is 27.5 Å². The molecule has 0 radical (unpaired) electrons. The van der Waals surface area contributed by atoms with E-state index in [-0.39, 0.29) is 5.91 Å². The second kappa shape index (κ2) is 7.89. The van der Waals surface area contributed by atoms with Gasteiger partial charge in [-0.2, -0.15) is 0 Å². The van der Waals surface area contributed by atoms with Gasteiger partial charge < -0.3 is 15.5 Å². The quantitative estimate of drug-likeness (QED) is 0.769. The Hall–Kier alpha value is -2.05. The summed E-state index contributed by atoms with van der Waals surface area (Å²) in [5, 5.41) is 6.07. The third-order valence-corrected chi connectivity index (χ3v) is 4.77. The number of benzene rings is 2. The van der Waals surface area contributed by atoms with Gasteiger partial charge in [0.2, 0.25) is 5.91 Å². The van der Waals surface area contributed by atoms with Crippen LogP contribution in [-0.4, -0.2) is 24.5 Å². The topological polar surface area (TPSA) is 61.4 Å². The summed E-state index contributed by atoms with van der Waals surface area (Å²) in [6.45, 7) is 0.650. The first kappa shape index (κ1) is 17.8. The van der Waals surface area contributed by atoms with E-state index >= 15 is 0 Å². The summed E-state index contributed by atoms with van der Waals surface area (Å²) in [4.78, 5) is 26.6. The Bertz CT molecular complexity index is 765. The summed E-state index contributed by atoms with van der Waals surface area (Å²) in [7, 11) is 0. The highest BCUT2D eigenvalue weighted by atomic mass is 79.9. The van der Waals surface area contributed by atoms with E-state index in [4.69, 9.17) is 11.6 Å². The van der Waals surface area contributed by atoms with Gasteiger partial charge in [0, 0.05) is 27.4 Å². The monoisotopic (exact) mass is 421 g/mol. The lowest BCUT2D eigenvalue weighted by Crippen LogP contribution is -2.53. The lowest BCUT2D eigenvalue weighted by molar-refractivity contribution is -0.121. The predicted molar refractivity (Wildman–Crippen MR) is 103 cm³/mol. The summed E-state index contributed by atoms with van der Waals surface area (Å²) < 4.78 is 0.956. The Morgan fingerprint density at radius 3 is 2.48 bits per heavy atom. The zero-order valence-electron chi connectivity index (χ0n) is 13.3. The maximum atomic E-state index is 12.7. The molecule has 1 aliphatic rings. The van der Waals surface area contributed by atoms with Gasteiger partial charge in [-0.3, -0.25) is 4.79 Å². The molecule has 0 aromatic heterocycles. The van der Waals surface area contributed by atoms with Crippen molar-refractivity contribution < 1.29 is 9.59 Å². The predicted octanol–water partition coefficient (Wildman–Crippen LogP) is 4.42. The van der Waals surface area contributed by atoms with Crippen LogP contribution in [0.2, 0.25) is 5.02 Å². The number of urea groups is 1. The lowest BCUT2D eigenvalue weighted by Gasteiger charge is -2.32. The first-order valence-electron chi connectivity index (χ1n) is 7.93. The third kappa shape index (κ3) is 4.52. The van der Waals surface area contributed by atoms with Crippen molar-refractivity contribution in [2.24, 2.45) is 0 Å². The van der Waals surface area contributed by atoms with Crippen LogP contribution in [0.25, 0.3) is 0 Å². The van der Waals surface area contributed by atoms with Gasteiger partial charge in [-0.15, -0.1) is 0 Å². The van der Waals surface area contributed by atoms with E-state index in [1.807, 2.05) is 24.3 Å². The smallest absolute Gasteiger partial charge is 0.319 e. The van der Waals surface area contributed by atoms with Crippen molar-refractivity contribution in [2.45, 2.75) is 18.9 Å². The van der Waals surface area contributed by atoms with Crippen LogP contribution < -0.4 is 15.5 Å². The van der Waals surface area contributed by atoms with Crippen LogP contribution in [0.3, 0.4) is 0 Å². The van der Waals surface area contributed by atoms with E-state index in [0.29, 0.717) is 23.7 Å². The van der Waals surface area contributed by atoms with Gasteiger partial charge in [-0.05, 0) is 61.4 Å². The first-order valence-corrected chi connectivity index (χ1v) is 9.10. The first-order chi connectivity index (χ1) is 12.0. The molecule has 1 fully saturated rings. The Morgan fingerprint density at radius 1 is 1.12 bits per heavy atom. The second-order valence-corrected chi connectivity index (χ2v) is 7.12. The van der Waals surface area contributed by atoms with Crippen molar-refractivity contribution in [2.75, 3.05) is 16.8 Å². The minimum absolute atomic E-state index is 0.0974. The lowest BCUT2D eigenvalue weighted by atomic mass is 10.0. The molecule has 3 rings (SSSR count). The largest absolute Gasteiger partial charge is 0.326 e. The number of rotatable bonds is 3. The second-order valence-electron chi connectivity index (χ2n) is 5.77. The number of halogens is 2. The summed E-state index contributed by atoms with van der Waals surface area (Å²) >= 11 is 9.21. The summed E-state index contributed by atoms with van der Waals surface area (Å²) in [5.41, 5.74) is 1.45. The molecule has 130 valence electrons. The maximum Gasteiger partial charge on any atom is 0.319 e. The molecule has 2 aromatic rings. The van der Waals surface area contributed by atoms with E-state index in [9.17, 15) is 9.59 Å². The van der Waals surface area contributed by atoms with E-state index in [1.54, 1.807) is 29.2 Å². The van der Waals surface area contributed by atoms with Crippen molar-refractivity contribution in [3.63, 3.8) is 0 Å². The van der Waals surface area contributed by atoms with Crippen molar-refractivity contribution in [1.82, 2.24) is 5.32 Å². The minimum Gasteiger partial charge on any atom is -0.326 e. The molecule has 0 saturated carbocycles. The molecule has 1 saturated heterocycles. The van der Waals surface area contributed by atoms with Crippen LogP contribution in [0.5, 0.6) is 0 Å². The highest BCUT2D eigenvalue weighted by Crippen LogP contribution is 2.23. The Kier molecular flexibility index (Phi) is 5.60. The van der Waals surface area contributed by atoms with E-state index < -0.39 is 12.1 Å². The van der Waals surface area contributed by atoms with Gasteiger partial charge in [0.1, 0.15) is 6.04 Å². The molecule has 0 spiro atoms. The Balaban J connectivity index is 1.63. The number of anilines is 2. The molecule has 5 nitrogen and oxygen atoms in total. The van der Waals surface area contributed by atoms with Crippen LogP contribution in [-0.2, 0) is 4.79 Å². The van der Waals surface area contributed by atoms with Gasteiger partial charge in [0.15, 0.2) is 0 Å². The molecule has 0 bridgehead atoms. The fourth-order valence-corrected chi connectivity index (χ4v) is 3.14. The molecule has 25 heavy (non-hydrogen) atoms. The minimum atomic E-state index is -0.537. The SMILES string of the molecule is O=C(Nc1ccc(Cl)cc1)N[C@@H]1CCCN(c2ccc(Br)cc2)C1=O. The van der Waals surface area contributed by atoms with Gasteiger partial charge in [-0.25, -0.2) is 4.79 Å². The van der Waals surface area contributed by atoms with Crippen LogP contribution in [0.15, 0.2) is 53.0 Å². The van der Waals surface area contributed by atoms with Crippen molar-refractivity contribution >= 4 is 50.8 Å². The number of nitrogens with zero attached hydrogens (tertiary/aromatic N) is 1. The summed E-state index contributed by atoms with van der Waals surface area (Å²) in [6, 6.07) is 13.4. The van der Waals surface area contributed by atoms with Crippen LogP contribution in [0.1, 0.15) is 12.8 Å². The fraction of sp³-hybridized carbons (Fsp3) is 0.222. The number of hydrogen-bond donors (Lipinski definition) is 2. The third-order valence-electron chi connectivity index (χ3n) is 3.98. The van der Waals surface area contributed by atoms with Gasteiger partial charge in [0.05, 0.1) is 0 Å². The van der Waals surface area contributed by atoms with Crippen molar-refractivity contribution in [3.05, 3.63) is 58.0 Å². The Labute approximate surface area is 159 Å². The van der Waals surface area contributed by atoms with Crippen molar-refractivity contribution in [3.8, 4) is 0 Å². The average Bonchev–Trinajstić information content (AvgIpc) is 2.60. The zero-order valence-corrected chi connectivity index (χ0v) is 15.7. The molecule has 1 aliphatic heterocycles. The standard InChI is InChI=1S/C18H17BrClN3O2/c19-12-3-9-15(10-4-12)23-11-1-2-16(17(23)24)22-18(25)21-14-7-5-13(20)6-8-14/h3-10,16H,1-2,11H2,(H2,21,22,25)/t16-/m1/s1. The Morgan fingerprint density at radius 2 is 1.80 bits per heavy atom. The summed E-state index contributed by atoms with van der Waals surface area (Å²) in [6.07, 6.45) is 1.45. The van der Waals surface area contributed by atoms with Crippen LogP contribution in [0, 0.1) is 0 Å². The molecule has 0 unspecified atom stereocenters. The molecular weight excluding hydrogens is 406 g/mol. The highest BCUT2D eigenvalue weighted by Gasteiger charge is 2.30. The summed E-state index contributed by atoms with van der Waals surface area (Å²) in [5.74, 6) is -0.0974. The van der Waals surface area contributed by atoms with Gasteiger partial charge in [0.25, 0.3) is 0 Å². The zero-order chi connectivity index (χ0) is 17.8. The highest BCUT2D eigenvalue weighted by molar-refractivity contribution is 9.10. The van der Waals surface area contributed by atoms with E-state index in [2.05, 4.69) is 26.6 Å². The average molecular weight is 423 g/mol. The van der Waals surface area contributed by atoms with E-state index in [1.165, 1.54) is 0 Å². The van der Waals surface area contributed by atoms with Crippen LogP contribution >= 0.6 is 27.5 Å². The van der Waals surface area contributed by atoms with Crippen LogP contribution in [0.4, 0.5) is 16.2 Å². The molecule has 2 aromatic carbocycles. The molecule has 1 heterocycles. The number of amides is 3. The van der Waals surface area contributed by atoms with Crippen molar-refractivity contribution in [1.29, 1.82) is 0 Å². The van der Waals surface area contributed by atoms with E-state index in [0.717, 1.165) is 16.6 Å². The molecule has 1 atom stereocenters. The molecule has 3 amide bonds. The number of carbonyl (C=O) groups excluding carboxylic acids is 2. The number of piperidine rings is 1. The normalized spacial score (nSPS) is 17.3. The number of hydrogen-bond acceptors (Lipinski definition) is 2. The molecule has 0 aliphatic carbocycles. The molecular formula is C18H17BrClN3O2. The number of carbonyl (C=O) groups is 2. The van der Waals surface area contributed by atoms with Gasteiger partial charge >= 0.3 is 6.03 Å². The molecule has 7 heteroatoms. The molecule has 2 N–H and O–H groups in total. The number of nitrogens with one attached hydrogen (secondary N) is 2. The fourth-order valence-electron chi connectivity index (χ4n) is 2.75.